The van der Waals surface area contributed by atoms with Gasteiger partial charge in [-0.05, 0) is 88.3 Å². The maximum absolute atomic E-state index is 13.0. The Morgan fingerprint density at radius 1 is 0.963 bits per heavy atom. The van der Waals surface area contributed by atoms with Crippen molar-refractivity contribution in [1.29, 1.82) is 0 Å². The third-order valence-electron chi connectivity index (χ3n) is 4.44. The van der Waals surface area contributed by atoms with Crippen LogP contribution in [0.5, 0.6) is 5.75 Å². The summed E-state index contributed by atoms with van der Waals surface area (Å²) in [6.45, 7) is 16.8. The second-order valence-corrected chi connectivity index (χ2v) is 9.58. The van der Waals surface area contributed by atoms with E-state index in [0.29, 0.717) is 0 Å². The van der Waals surface area contributed by atoms with Crippen LogP contribution in [0.25, 0.3) is 0 Å². The van der Waals surface area contributed by atoms with Gasteiger partial charge in [0.25, 0.3) is 0 Å². The molecule has 4 heteroatoms. The van der Waals surface area contributed by atoms with Crippen LogP contribution in [0.1, 0.15) is 67.2 Å². The van der Waals surface area contributed by atoms with Gasteiger partial charge in [-0.25, -0.2) is 0 Å². The van der Waals surface area contributed by atoms with Gasteiger partial charge in [-0.3, -0.25) is 4.79 Å². The number of rotatable bonds is 5. The van der Waals surface area contributed by atoms with E-state index in [0.717, 1.165) is 33.3 Å². The van der Waals surface area contributed by atoms with Crippen molar-refractivity contribution in [3.8, 4) is 5.75 Å². The fraction of sp³-hybridized carbons (Fsp3) is 0.435. The molecule has 0 aliphatic heterocycles. The topological polar surface area (TPSA) is 26.3 Å². The molecule has 2 aromatic carbocycles. The van der Waals surface area contributed by atoms with E-state index in [1.165, 1.54) is 5.56 Å². The molecule has 2 rings (SSSR count). The van der Waals surface area contributed by atoms with E-state index in [-0.39, 0.29) is 44.5 Å². The molecule has 1 radical (unpaired) electrons. The van der Waals surface area contributed by atoms with Crippen molar-refractivity contribution in [3.63, 3.8) is 0 Å². The van der Waals surface area contributed by atoms with Crippen molar-refractivity contribution in [2.45, 2.75) is 66.9 Å². The molecule has 0 fully saturated rings. The van der Waals surface area contributed by atoms with Crippen LogP contribution in [0.15, 0.2) is 30.3 Å². The Balaban J connectivity index is 0.00000364. The summed E-state index contributed by atoms with van der Waals surface area (Å²) in [6.07, 6.45) is 0.149. The molecule has 1 unspecified atom stereocenters. The summed E-state index contributed by atoms with van der Waals surface area (Å²) in [4.78, 5) is 13.0. The molecular formula is C23H31LiO2P. The standard InChI is InChI=1S/C23H31O2P.Li/c1-14(2)25-19-9-10-20(15(3)13-19)26-22(24)21-16(4)11-18(12-17(21)5)23(6,7)8;/h9-14,26H,1-8H3;. The number of carbonyl (C=O) groups is 1. The Kier molecular flexibility index (Phi) is 8.37. The van der Waals surface area contributed by atoms with Crippen LogP contribution in [-0.2, 0) is 5.41 Å². The molecule has 0 N–H and O–H groups in total. The van der Waals surface area contributed by atoms with E-state index in [1.54, 1.807) is 0 Å². The summed E-state index contributed by atoms with van der Waals surface area (Å²) in [5, 5.41) is 1.09. The molecule has 0 bridgehead atoms. The summed E-state index contributed by atoms with van der Waals surface area (Å²) in [5.41, 5.74) is 5.70. The first-order chi connectivity index (χ1) is 12.0. The predicted octanol–water partition coefficient (Wildman–Crippen LogP) is 5.46. The third-order valence-corrected chi connectivity index (χ3v) is 5.75. The van der Waals surface area contributed by atoms with Gasteiger partial charge < -0.3 is 4.74 Å². The molecule has 1 atom stereocenters. The van der Waals surface area contributed by atoms with Gasteiger partial charge in [-0.1, -0.05) is 39.0 Å². The van der Waals surface area contributed by atoms with E-state index in [1.807, 2.05) is 52.8 Å². The number of hydrogen-bond acceptors (Lipinski definition) is 2. The Morgan fingerprint density at radius 2 is 1.52 bits per heavy atom. The maximum atomic E-state index is 13.0. The molecule has 0 amide bonds. The van der Waals surface area contributed by atoms with Crippen molar-refractivity contribution < 1.29 is 9.53 Å². The zero-order chi connectivity index (χ0) is 19.6. The second kappa shape index (κ2) is 9.42. The van der Waals surface area contributed by atoms with Gasteiger partial charge >= 0.3 is 0 Å². The Bertz CT molecular complexity index is 797. The first kappa shape index (κ1) is 24.0. The van der Waals surface area contributed by atoms with Crippen LogP contribution >= 0.6 is 8.58 Å². The predicted molar refractivity (Wildman–Crippen MR) is 120 cm³/mol. The smallest absolute Gasteiger partial charge is 0.186 e. The first-order valence-corrected chi connectivity index (χ1v) is 10.2. The number of benzene rings is 2. The second-order valence-electron chi connectivity index (χ2n) is 8.33. The van der Waals surface area contributed by atoms with E-state index in [9.17, 15) is 4.79 Å². The number of carbonyl (C=O) groups excluding carboxylic acids is 1. The summed E-state index contributed by atoms with van der Waals surface area (Å²) >= 11 is 0. The molecule has 0 aliphatic carbocycles. The molecule has 0 aromatic heterocycles. The summed E-state index contributed by atoms with van der Waals surface area (Å²) in [6, 6.07) is 10.3. The van der Waals surface area contributed by atoms with Crippen LogP contribution in [0.3, 0.4) is 0 Å². The minimum atomic E-state index is 0. The van der Waals surface area contributed by atoms with Crippen LogP contribution in [0.2, 0.25) is 0 Å². The van der Waals surface area contributed by atoms with E-state index in [4.69, 9.17) is 4.74 Å². The first-order valence-electron chi connectivity index (χ1n) is 9.19. The zero-order valence-electron chi connectivity index (χ0n) is 18.3. The normalized spacial score (nSPS) is 11.7. The average Bonchev–Trinajstić information content (AvgIpc) is 2.47. The van der Waals surface area contributed by atoms with Crippen molar-refractivity contribution in [2.24, 2.45) is 0 Å². The minimum Gasteiger partial charge on any atom is -0.491 e. The average molecular weight is 377 g/mol. The molecule has 2 aromatic rings. The summed E-state index contributed by atoms with van der Waals surface area (Å²) in [5.74, 6) is 0.861. The third kappa shape index (κ3) is 6.22. The largest absolute Gasteiger partial charge is 0.491 e. The number of aryl methyl sites for hydroxylation is 3. The number of ether oxygens (including phenoxy) is 1. The fourth-order valence-electron chi connectivity index (χ4n) is 3.06. The molecule has 2 nitrogen and oxygen atoms in total. The molecule has 0 saturated heterocycles. The molecule has 0 saturated carbocycles. The SMILES string of the molecule is Cc1cc(OC(C)C)ccc1PC(=O)c1c(C)cc(C(C)(C)C)cc1C.[Li]. The van der Waals surface area contributed by atoms with Crippen molar-refractivity contribution >= 4 is 38.3 Å². The Labute approximate surface area is 178 Å². The summed E-state index contributed by atoms with van der Waals surface area (Å²) in [7, 11) is 0.129. The number of hydrogen-bond donors (Lipinski definition) is 0. The Morgan fingerprint density at radius 3 is 1.96 bits per heavy atom. The summed E-state index contributed by atoms with van der Waals surface area (Å²) < 4.78 is 5.74. The van der Waals surface area contributed by atoms with Gasteiger partial charge in [-0.2, -0.15) is 0 Å². The maximum Gasteiger partial charge on any atom is 0.186 e. The van der Waals surface area contributed by atoms with Crippen LogP contribution in [0, 0.1) is 20.8 Å². The van der Waals surface area contributed by atoms with Gasteiger partial charge in [0.2, 0.25) is 0 Å². The zero-order valence-corrected chi connectivity index (χ0v) is 19.3. The van der Waals surface area contributed by atoms with Gasteiger partial charge in [0.1, 0.15) is 5.75 Å². The monoisotopic (exact) mass is 377 g/mol. The molecule has 0 heterocycles. The van der Waals surface area contributed by atoms with Gasteiger partial charge in [0, 0.05) is 24.4 Å². The van der Waals surface area contributed by atoms with E-state index < -0.39 is 0 Å². The molecule has 141 valence electrons. The molecule has 0 aliphatic rings. The van der Waals surface area contributed by atoms with Crippen molar-refractivity contribution in [1.82, 2.24) is 0 Å². The Hall–Kier alpha value is -1.06. The van der Waals surface area contributed by atoms with Gasteiger partial charge in [-0.15, -0.1) is 0 Å². The van der Waals surface area contributed by atoms with Crippen LogP contribution in [0.4, 0.5) is 0 Å². The van der Waals surface area contributed by atoms with E-state index >= 15 is 0 Å². The van der Waals surface area contributed by atoms with Gasteiger partial charge in [0.15, 0.2) is 5.52 Å². The quantitative estimate of drug-likeness (QED) is 0.511. The minimum absolute atomic E-state index is 0. The molecular weight excluding hydrogens is 346 g/mol. The fourth-order valence-corrected chi connectivity index (χ4v) is 4.26. The van der Waals surface area contributed by atoms with Crippen LogP contribution < -0.4 is 10.0 Å². The van der Waals surface area contributed by atoms with Crippen molar-refractivity contribution in [2.75, 3.05) is 0 Å². The van der Waals surface area contributed by atoms with Gasteiger partial charge in [0.05, 0.1) is 6.10 Å². The molecule has 27 heavy (non-hydrogen) atoms. The van der Waals surface area contributed by atoms with E-state index in [2.05, 4.69) is 32.9 Å². The van der Waals surface area contributed by atoms with Crippen LogP contribution in [-0.4, -0.2) is 30.5 Å². The molecule has 0 spiro atoms. The van der Waals surface area contributed by atoms with Crippen molar-refractivity contribution in [3.05, 3.63) is 58.1 Å².